The highest BCUT2D eigenvalue weighted by molar-refractivity contribution is 5.74. The number of carbonyl (C=O) groups is 3. The van der Waals surface area contributed by atoms with Crippen molar-refractivity contribution in [3.05, 3.63) is 0 Å². The molecule has 0 bridgehead atoms. The molecule has 0 radical (unpaired) electrons. The van der Waals surface area contributed by atoms with E-state index in [1.165, 1.54) is 0 Å². The molecule has 376 valence electrons. The fourth-order valence-corrected chi connectivity index (χ4v) is 8.14. The van der Waals surface area contributed by atoms with Gasteiger partial charge >= 0.3 is 0 Å². The normalized spacial score (nSPS) is 47.1. The topological polar surface area (TPSA) is 454 Å². The van der Waals surface area contributed by atoms with Crippen LogP contribution in [0, 0.1) is 0 Å². The van der Waals surface area contributed by atoms with Crippen molar-refractivity contribution in [2.75, 3.05) is 33.0 Å². The van der Waals surface area contributed by atoms with Gasteiger partial charge in [0.15, 0.2) is 31.5 Å². The first-order valence-corrected chi connectivity index (χ1v) is 20.6. The Kier molecular flexibility index (Phi) is 19.1. The van der Waals surface area contributed by atoms with Gasteiger partial charge in [-0.25, -0.2) is 0 Å². The minimum atomic E-state index is -2.20. The average Bonchev–Trinajstić information content (AvgIpc) is 3.25. The molecule has 0 saturated carbocycles. The molecule has 65 heavy (non-hydrogen) atoms. The Labute approximate surface area is 369 Å². The molecule has 17 N–H and O–H groups in total. The largest absolute Gasteiger partial charge is 0.394 e. The van der Waals surface area contributed by atoms with Gasteiger partial charge in [0.25, 0.3) is 0 Å². The van der Waals surface area contributed by atoms with Crippen LogP contribution in [-0.2, 0) is 57.0 Å². The van der Waals surface area contributed by atoms with Crippen molar-refractivity contribution in [1.82, 2.24) is 16.0 Å². The Morgan fingerprint density at radius 2 is 0.800 bits per heavy atom. The number of aliphatic hydroxyl groups excluding tert-OH is 14. The number of carbonyl (C=O) groups excluding carboxylic acids is 3. The van der Waals surface area contributed by atoms with Gasteiger partial charge in [0, 0.05) is 20.8 Å². The molecule has 0 aromatic carbocycles. The van der Waals surface area contributed by atoms with Crippen LogP contribution in [-0.4, -0.2) is 276 Å². The molecule has 5 rings (SSSR count). The molecule has 5 aliphatic rings. The highest BCUT2D eigenvalue weighted by Gasteiger charge is 2.56. The fourth-order valence-electron chi connectivity index (χ4n) is 8.14. The van der Waals surface area contributed by atoms with Crippen LogP contribution in [0.15, 0.2) is 0 Å². The number of aliphatic hydroxyl groups is 14. The quantitative estimate of drug-likeness (QED) is 0.0683. The van der Waals surface area contributed by atoms with Crippen molar-refractivity contribution >= 4 is 17.7 Å². The third kappa shape index (κ3) is 12.0. The minimum Gasteiger partial charge on any atom is -0.394 e. The number of nitrogens with one attached hydrogen (secondary N) is 3. The second kappa shape index (κ2) is 23.2. The predicted molar refractivity (Wildman–Crippen MR) is 201 cm³/mol. The molecular formula is C36H61N3O26. The van der Waals surface area contributed by atoms with E-state index in [-0.39, 0.29) is 0 Å². The van der Waals surface area contributed by atoms with Crippen molar-refractivity contribution in [2.45, 2.75) is 174 Å². The lowest BCUT2D eigenvalue weighted by atomic mass is 9.93. The molecule has 5 fully saturated rings. The maximum absolute atomic E-state index is 12.6. The van der Waals surface area contributed by atoms with Gasteiger partial charge in [0.1, 0.15) is 122 Å². The summed E-state index contributed by atoms with van der Waals surface area (Å²) in [6.45, 7) is -1.27. The van der Waals surface area contributed by atoms with Crippen molar-refractivity contribution in [3.63, 3.8) is 0 Å². The van der Waals surface area contributed by atoms with Gasteiger partial charge in [-0.2, -0.15) is 0 Å². The Hall–Kier alpha value is -2.51. The van der Waals surface area contributed by atoms with Gasteiger partial charge in [-0.05, 0) is 0 Å². The summed E-state index contributed by atoms with van der Waals surface area (Å²) in [5.74, 6) is -2.28. The summed E-state index contributed by atoms with van der Waals surface area (Å²) in [5.41, 5.74) is 0. The molecule has 0 aromatic heterocycles. The summed E-state index contributed by atoms with van der Waals surface area (Å²) in [6.07, 6.45) is -40.1. The van der Waals surface area contributed by atoms with Crippen molar-refractivity contribution < 1.29 is 129 Å². The van der Waals surface area contributed by atoms with E-state index in [1.54, 1.807) is 0 Å². The first-order chi connectivity index (χ1) is 30.7. The average molecular weight is 952 g/mol. The summed E-state index contributed by atoms with van der Waals surface area (Å²) >= 11 is 0. The molecule has 5 heterocycles. The molecule has 29 heteroatoms. The third-order valence-electron chi connectivity index (χ3n) is 11.5. The van der Waals surface area contributed by atoms with Gasteiger partial charge in [0.2, 0.25) is 17.7 Å². The predicted octanol–water partition coefficient (Wildman–Crippen LogP) is -11.5. The summed E-state index contributed by atoms with van der Waals surface area (Å²) in [5, 5.41) is 156. The van der Waals surface area contributed by atoms with Crippen LogP contribution in [0.1, 0.15) is 20.8 Å². The zero-order valence-corrected chi connectivity index (χ0v) is 35.1. The lowest BCUT2D eigenvalue weighted by Crippen LogP contribution is -2.71. The highest BCUT2D eigenvalue weighted by Crippen LogP contribution is 2.35. The molecule has 0 unspecified atom stereocenters. The second-order valence-corrected chi connectivity index (χ2v) is 16.2. The van der Waals surface area contributed by atoms with Gasteiger partial charge < -0.3 is 130 Å². The maximum Gasteiger partial charge on any atom is 0.217 e. The third-order valence-corrected chi connectivity index (χ3v) is 11.5. The van der Waals surface area contributed by atoms with Crippen molar-refractivity contribution in [1.29, 1.82) is 0 Å². The molecule has 29 nitrogen and oxygen atoms in total. The van der Waals surface area contributed by atoms with E-state index in [4.69, 9.17) is 42.6 Å². The molecule has 5 saturated heterocycles. The SMILES string of the molecule is CC(=O)N[C@@H]1[C@@H](O[C@@H]2O[C@H](CO[C@H]3O[C@H](CO)[C@H](O)[C@H](O)[C@H]3O)[C@@H](O[C@@H]3O[C@H](CO)[C@H](O[C@@H]4O[C@H](CO)[C@H](O)[C@H](O)[C@H]4NC(C)=O)[C@H](O)[C@H]3NC(C)=O)[C@H](O)[C@H]2O)[C@@H](O)[C@@H](CO)O[C@H]1O. The minimum absolute atomic E-state index is 0.721. The monoisotopic (exact) mass is 951 g/mol. The molecule has 0 spiro atoms. The molecule has 3 amide bonds. The summed E-state index contributed by atoms with van der Waals surface area (Å²) in [4.78, 5) is 36.7. The standard InChI is InChI=1S/C36H61N3O26/c1-9(44)37-17-23(50)20(47)12(4-40)59-33(17)63-29-15(7-43)61-34(18(24(29)51)38-10(2)45)64-30-16(8-57-35-27(54)25(52)21(48)13(5-41)60-35)62-36(28(55)26(30)53)65-31-19(39-11(3)46)32(56)58-14(6-42)22(31)49/h12-36,40-43,47-56H,4-8H2,1-3H3,(H,37,44)(H,38,45)(H,39,46)/t12-,13-,14-,15-,16-,17-,18-,19-,20+,21+,22+,23-,24-,25+,26-,27-,28-,29+,30-,31-,32-,33+,34+,35+,36+/m1/s1. The van der Waals surface area contributed by atoms with E-state index in [0.717, 1.165) is 20.8 Å². The fraction of sp³-hybridized carbons (Fsp3) is 0.917. The Bertz CT molecular complexity index is 1560. The van der Waals surface area contributed by atoms with Crippen LogP contribution in [0.2, 0.25) is 0 Å². The van der Waals surface area contributed by atoms with Crippen LogP contribution in [0.5, 0.6) is 0 Å². The van der Waals surface area contributed by atoms with Crippen molar-refractivity contribution in [3.8, 4) is 0 Å². The first kappa shape index (κ1) is 53.4. The van der Waals surface area contributed by atoms with E-state index in [1.807, 2.05) is 0 Å². The molecular weight excluding hydrogens is 890 g/mol. The number of rotatable bonds is 16. The smallest absolute Gasteiger partial charge is 0.217 e. The molecule has 25 atom stereocenters. The van der Waals surface area contributed by atoms with Gasteiger partial charge in [0.05, 0.1) is 33.0 Å². The van der Waals surface area contributed by atoms with Crippen molar-refractivity contribution in [2.24, 2.45) is 0 Å². The summed E-state index contributed by atoms with van der Waals surface area (Å²) in [6, 6.07) is -4.84. The van der Waals surface area contributed by atoms with Crippen LogP contribution >= 0.6 is 0 Å². The van der Waals surface area contributed by atoms with E-state index in [2.05, 4.69) is 16.0 Å². The summed E-state index contributed by atoms with van der Waals surface area (Å²) < 4.78 is 51.7. The molecule has 0 aromatic rings. The van der Waals surface area contributed by atoms with E-state index in [9.17, 15) is 85.9 Å². The highest BCUT2D eigenvalue weighted by atomic mass is 16.8. The van der Waals surface area contributed by atoms with E-state index >= 15 is 0 Å². The number of amides is 3. The zero-order valence-electron chi connectivity index (χ0n) is 35.1. The molecule has 0 aliphatic carbocycles. The second-order valence-electron chi connectivity index (χ2n) is 16.2. The Morgan fingerprint density at radius 1 is 0.400 bits per heavy atom. The van der Waals surface area contributed by atoms with Crippen LogP contribution < -0.4 is 16.0 Å². The Balaban J connectivity index is 1.45. The van der Waals surface area contributed by atoms with E-state index in [0.29, 0.717) is 0 Å². The Morgan fingerprint density at radius 3 is 1.32 bits per heavy atom. The number of hydrogen-bond donors (Lipinski definition) is 17. The summed E-state index contributed by atoms with van der Waals surface area (Å²) in [7, 11) is 0. The lowest BCUT2D eigenvalue weighted by molar-refractivity contribution is -0.377. The molecule has 5 aliphatic heterocycles. The van der Waals surface area contributed by atoms with Crippen LogP contribution in [0.4, 0.5) is 0 Å². The first-order valence-electron chi connectivity index (χ1n) is 20.6. The number of ether oxygens (including phenoxy) is 9. The van der Waals surface area contributed by atoms with Gasteiger partial charge in [-0.3, -0.25) is 14.4 Å². The van der Waals surface area contributed by atoms with Gasteiger partial charge in [-0.1, -0.05) is 0 Å². The van der Waals surface area contributed by atoms with Gasteiger partial charge in [-0.15, -0.1) is 0 Å². The van der Waals surface area contributed by atoms with E-state index < -0.39 is 204 Å². The maximum atomic E-state index is 12.6. The van der Waals surface area contributed by atoms with Crippen LogP contribution in [0.25, 0.3) is 0 Å². The zero-order chi connectivity index (χ0) is 48.2. The van der Waals surface area contributed by atoms with Crippen LogP contribution in [0.3, 0.4) is 0 Å². The lowest BCUT2D eigenvalue weighted by Gasteiger charge is -2.50. The number of hydrogen-bond acceptors (Lipinski definition) is 26.